The Morgan fingerprint density at radius 2 is 2.12 bits per heavy atom. The van der Waals surface area contributed by atoms with Crippen LogP contribution in [0.5, 0.6) is 0 Å². The maximum absolute atomic E-state index is 12.9. The van der Waals surface area contributed by atoms with Crippen LogP contribution in [0.3, 0.4) is 0 Å². The molecule has 0 aliphatic heterocycles. The summed E-state index contributed by atoms with van der Waals surface area (Å²) in [5.74, 6) is -2.84. The SMILES string of the molecule is O=Cc1cc(F)cc([N+](=O)[O-])c1C(O)C(=O)O. The second-order valence-corrected chi connectivity index (χ2v) is 3.04. The van der Waals surface area contributed by atoms with Gasteiger partial charge in [0.2, 0.25) is 0 Å². The van der Waals surface area contributed by atoms with Crippen LogP contribution < -0.4 is 0 Å². The summed E-state index contributed by atoms with van der Waals surface area (Å²) in [5, 5.41) is 28.4. The van der Waals surface area contributed by atoms with Crippen molar-refractivity contribution in [3.05, 3.63) is 39.2 Å². The molecule has 17 heavy (non-hydrogen) atoms. The average Bonchev–Trinajstić information content (AvgIpc) is 2.26. The molecule has 0 amide bonds. The number of nitro groups is 1. The first-order valence-corrected chi connectivity index (χ1v) is 4.22. The number of hydrogen-bond donors (Lipinski definition) is 2. The summed E-state index contributed by atoms with van der Waals surface area (Å²) in [6.45, 7) is 0. The van der Waals surface area contributed by atoms with Crippen molar-refractivity contribution in [3.8, 4) is 0 Å². The van der Waals surface area contributed by atoms with E-state index in [0.717, 1.165) is 0 Å². The highest BCUT2D eigenvalue weighted by atomic mass is 19.1. The van der Waals surface area contributed by atoms with E-state index in [0.29, 0.717) is 12.1 Å². The highest BCUT2D eigenvalue weighted by molar-refractivity contribution is 5.85. The van der Waals surface area contributed by atoms with E-state index < -0.39 is 39.6 Å². The quantitative estimate of drug-likeness (QED) is 0.455. The van der Waals surface area contributed by atoms with Gasteiger partial charge in [0.05, 0.1) is 16.6 Å². The van der Waals surface area contributed by atoms with E-state index in [1.807, 2.05) is 0 Å². The second-order valence-electron chi connectivity index (χ2n) is 3.04. The number of nitrogens with zero attached hydrogens (tertiary/aromatic N) is 1. The summed E-state index contributed by atoms with van der Waals surface area (Å²) in [6, 6.07) is 1.05. The monoisotopic (exact) mass is 243 g/mol. The third kappa shape index (κ3) is 2.42. The Bertz CT molecular complexity index is 501. The molecule has 0 bridgehead atoms. The number of carbonyl (C=O) groups is 2. The number of rotatable bonds is 4. The molecule has 2 N–H and O–H groups in total. The van der Waals surface area contributed by atoms with E-state index in [9.17, 15) is 29.2 Å². The van der Waals surface area contributed by atoms with Crippen LogP contribution in [0.1, 0.15) is 22.0 Å². The first-order valence-electron chi connectivity index (χ1n) is 4.22. The Balaban J connectivity index is 3.58. The largest absolute Gasteiger partial charge is 0.479 e. The summed E-state index contributed by atoms with van der Waals surface area (Å²) in [5.41, 5.74) is -2.27. The molecule has 0 aromatic heterocycles. The van der Waals surface area contributed by atoms with E-state index in [4.69, 9.17) is 5.11 Å². The molecule has 1 unspecified atom stereocenters. The van der Waals surface area contributed by atoms with Crippen LogP contribution in [0, 0.1) is 15.9 Å². The topological polar surface area (TPSA) is 118 Å². The lowest BCUT2D eigenvalue weighted by molar-refractivity contribution is -0.386. The van der Waals surface area contributed by atoms with Crippen LogP contribution >= 0.6 is 0 Å². The number of aliphatic hydroxyl groups is 1. The number of carboxylic acids is 1. The summed E-state index contributed by atoms with van der Waals surface area (Å²) < 4.78 is 12.9. The van der Waals surface area contributed by atoms with Gasteiger partial charge in [-0.3, -0.25) is 14.9 Å². The van der Waals surface area contributed by atoms with Crippen molar-refractivity contribution in [3.63, 3.8) is 0 Å². The molecule has 7 nitrogen and oxygen atoms in total. The Morgan fingerprint density at radius 3 is 2.53 bits per heavy atom. The molecule has 90 valence electrons. The Hall–Kier alpha value is -2.35. The Labute approximate surface area is 93.3 Å². The van der Waals surface area contributed by atoms with Crippen molar-refractivity contribution in [2.24, 2.45) is 0 Å². The van der Waals surface area contributed by atoms with Gasteiger partial charge in [0.15, 0.2) is 12.4 Å². The Kier molecular flexibility index (Phi) is 3.49. The minimum atomic E-state index is -2.27. The van der Waals surface area contributed by atoms with Crippen molar-refractivity contribution in [1.82, 2.24) is 0 Å². The van der Waals surface area contributed by atoms with Gasteiger partial charge in [-0.1, -0.05) is 0 Å². The lowest BCUT2D eigenvalue weighted by Crippen LogP contribution is -2.15. The van der Waals surface area contributed by atoms with E-state index in [1.54, 1.807) is 0 Å². The van der Waals surface area contributed by atoms with Crippen LogP contribution in [0.2, 0.25) is 0 Å². The predicted octanol–water partition coefficient (Wildman–Crippen LogP) is 0.664. The summed E-state index contributed by atoms with van der Waals surface area (Å²) in [6.07, 6.45) is -2.23. The predicted molar refractivity (Wildman–Crippen MR) is 51.0 cm³/mol. The molecule has 0 saturated carbocycles. The Morgan fingerprint density at radius 1 is 1.53 bits per heavy atom. The summed E-state index contributed by atoms with van der Waals surface area (Å²) in [7, 11) is 0. The number of aldehydes is 1. The molecule has 0 heterocycles. The van der Waals surface area contributed by atoms with E-state index in [-0.39, 0.29) is 6.29 Å². The number of hydrogen-bond acceptors (Lipinski definition) is 5. The van der Waals surface area contributed by atoms with Gasteiger partial charge in [0.1, 0.15) is 5.82 Å². The number of benzene rings is 1. The van der Waals surface area contributed by atoms with E-state index >= 15 is 0 Å². The zero-order valence-electron chi connectivity index (χ0n) is 8.16. The smallest absolute Gasteiger partial charge is 0.337 e. The average molecular weight is 243 g/mol. The van der Waals surface area contributed by atoms with Gasteiger partial charge in [-0.25, -0.2) is 9.18 Å². The molecule has 1 atom stereocenters. The van der Waals surface area contributed by atoms with Crippen molar-refractivity contribution >= 4 is 17.9 Å². The molecule has 8 heteroatoms. The van der Waals surface area contributed by atoms with Gasteiger partial charge in [-0.15, -0.1) is 0 Å². The van der Waals surface area contributed by atoms with Crippen molar-refractivity contribution in [1.29, 1.82) is 0 Å². The molecule has 1 aromatic rings. The van der Waals surface area contributed by atoms with E-state index in [1.165, 1.54) is 0 Å². The molecular formula is C9H6FNO6. The number of aliphatic hydroxyl groups excluding tert-OH is 1. The normalized spacial score (nSPS) is 11.9. The van der Waals surface area contributed by atoms with Crippen molar-refractivity contribution < 1.29 is 29.1 Å². The lowest BCUT2D eigenvalue weighted by atomic mass is 10.0. The van der Waals surface area contributed by atoms with Gasteiger partial charge in [-0.2, -0.15) is 0 Å². The number of aliphatic carboxylic acids is 1. The summed E-state index contributed by atoms with van der Waals surface area (Å²) >= 11 is 0. The zero-order valence-corrected chi connectivity index (χ0v) is 8.16. The second kappa shape index (κ2) is 4.66. The fourth-order valence-electron chi connectivity index (χ4n) is 1.29. The molecule has 0 aliphatic rings. The zero-order chi connectivity index (χ0) is 13.2. The molecular weight excluding hydrogens is 237 g/mol. The molecule has 0 radical (unpaired) electrons. The summed E-state index contributed by atoms with van der Waals surface area (Å²) in [4.78, 5) is 30.6. The maximum atomic E-state index is 12.9. The fourth-order valence-corrected chi connectivity index (χ4v) is 1.29. The molecule has 0 spiro atoms. The van der Waals surface area contributed by atoms with Crippen molar-refractivity contribution in [2.45, 2.75) is 6.10 Å². The minimum Gasteiger partial charge on any atom is -0.479 e. The van der Waals surface area contributed by atoms with Gasteiger partial charge in [0.25, 0.3) is 5.69 Å². The van der Waals surface area contributed by atoms with E-state index in [2.05, 4.69) is 0 Å². The third-order valence-electron chi connectivity index (χ3n) is 1.99. The molecule has 0 saturated heterocycles. The number of carboxylic acid groups (broad SMARTS) is 1. The van der Waals surface area contributed by atoms with Crippen LogP contribution in [-0.4, -0.2) is 27.4 Å². The van der Waals surface area contributed by atoms with Crippen LogP contribution in [0.15, 0.2) is 12.1 Å². The molecule has 0 aliphatic carbocycles. The lowest BCUT2D eigenvalue weighted by Gasteiger charge is -2.09. The minimum absolute atomic E-state index is 0.0393. The van der Waals surface area contributed by atoms with Gasteiger partial charge >= 0.3 is 5.97 Å². The highest BCUT2D eigenvalue weighted by Gasteiger charge is 2.29. The molecule has 0 fully saturated rings. The first-order chi connectivity index (χ1) is 7.88. The maximum Gasteiger partial charge on any atom is 0.337 e. The molecule has 1 aromatic carbocycles. The van der Waals surface area contributed by atoms with Crippen LogP contribution in [0.25, 0.3) is 0 Å². The van der Waals surface area contributed by atoms with Crippen molar-refractivity contribution in [2.75, 3.05) is 0 Å². The fraction of sp³-hybridized carbons (Fsp3) is 0.111. The molecule has 1 rings (SSSR count). The highest BCUT2D eigenvalue weighted by Crippen LogP contribution is 2.29. The van der Waals surface area contributed by atoms with Crippen LogP contribution in [0.4, 0.5) is 10.1 Å². The third-order valence-corrected chi connectivity index (χ3v) is 1.99. The van der Waals surface area contributed by atoms with Gasteiger partial charge in [-0.05, 0) is 6.07 Å². The first kappa shape index (κ1) is 12.7. The van der Waals surface area contributed by atoms with Gasteiger partial charge in [0, 0.05) is 5.56 Å². The van der Waals surface area contributed by atoms with Gasteiger partial charge < -0.3 is 10.2 Å². The number of carbonyl (C=O) groups excluding carboxylic acids is 1. The standard InChI is InChI=1S/C9H6FNO6/c10-5-1-4(3-12)7(8(13)9(14)15)6(2-5)11(16)17/h1-3,8,13H,(H,14,15). The van der Waals surface area contributed by atoms with Crippen LogP contribution in [-0.2, 0) is 4.79 Å². The number of nitro benzene ring substituents is 1. The number of halogens is 1.